The first-order valence-corrected chi connectivity index (χ1v) is 6.39. The average molecular weight is 303 g/mol. The monoisotopic (exact) mass is 302 g/mol. The fourth-order valence-electron chi connectivity index (χ4n) is 2.08. The molecule has 1 N–H and O–H groups in total. The summed E-state index contributed by atoms with van der Waals surface area (Å²) in [4.78, 5) is 12.0. The van der Waals surface area contributed by atoms with Gasteiger partial charge in [0.25, 0.3) is 5.91 Å². The first-order valence-electron chi connectivity index (χ1n) is 5.59. The van der Waals surface area contributed by atoms with Gasteiger partial charge in [0, 0.05) is 34.7 Å². The Morgan fingerprint density at radius 1 is 1.33 bits per heavy atom. The Labute approximate surface area is 113 Å². The Morgan fingerprint density at radius 2 is 2.17 bits per heavy atom. The number of amides is 1. The van der Waals surface area contributed by atoms with E-state index < -0.39 is 0 Å². The number of nitrogens with zero attached hydrogens (tertiary/aromatic N) is 1. The minimum atomic E-state index is -0.0516. The molecule has 1 amide bonds. The fourth-order valence-corrected chi connectivity index (χ4v) is 2.44. The zero-order valence-corrected chi connectivity index (χ0v) is 11.4. The molecule has 1 aromatic heterocycles. The van der Waals surface area contributed by atoms with Crippen LogP contribution in [0.15, 0.2) is 41.0 Å². The molecule has 90 valence electrons. The van der Waals surface area contributed by atoms with Crippen molar-refractivity contribution in [3.63, 3.8) is 0 Å². The third-order valence-corrected chi connectivity index (χ3v) is 3.53. The van der Waals surface area contributed by atoms with E-state index in [0.717, 1.165) is 21.4 Å². The van der Waals surface area contributed by atoms with E-state index in [9.17, 15) is 4.79 Å². The van der Waals surface area contributed by atoms with Gasteiger partial charge < -0.3 is 9.88 Å². The normalized spacial score (nSPS) is 15.9. The van der Waals surface area contributed by atoms with Crippen LogP contribution in [0.1, 0.15) is 11.3 Å². The summed E-state index contributed by atoms with van der Waals surface area (Å²) in [7, 11) is 1.96. The summed E-state index contributed by atoms with van der Waals surface area (Å²) >= 11 is 3.43. The first kappa shape index (κ1) is 11.3. The highest BCUT2D eigenvalue weighted by molar-refractivity contribution is 9.10. The molecule has 18 heavy (non-hydrogen) atoms. The van der Waals surface area contributed by atoms with E-state index in [1.165, 1.54) is 0 Å². The second-order valence-electron chi connectivity index (χ2n) is 4.25. The number of fused-ring (bicyclic) bond motifs is 1. The van der Waals surface area contributed by atoms with Crippen LogP contribution < -0.4 is 5.32 Å². The van der Waals surface area contributed by atoms with E-state index in [0.29, 0.717) is 5.57 Å². The van der Waals surface area contributed by atoms with E-state index in [2.05, 4.69) is 21.2 Å². The molecule has 3 nitrogen and oxygen atoms in total. The molecule has 1 aliphatic rings. The smallest absolute Gasteiger partial charge is 0.256 e. The summed E-state index contributed by atoms with van der Waals surface area (Å²) in [5.41, 5.74) is 3.51. The third kappa shape index (κ3) is 1.78. The fraction of sp³-hybridized carbons (Fsp3) is 0.0714. The Morgan fingerprint density at radius 3 is 2.89 bits per heavy atom. The Balaban J connectivity index is 2.14. The van der Waals surface area contributed by atoms with Gasteiger partial charge in [0.1, 0.15) is 0 Å². The molecule has 0 saturated carbocycles. The van der Waals surface area contributed by atoms with Gasteiger partial charge in [-0.1, -0.05) is 15.9 Å². The van der Waals surface area contributed by atoms with Gasteiger partial charge in [0.15, 0.2) is 0 Å². The van der Waals surface area contributed by atoms with Gasteiger partial charge in [-0.15, -0.1) is 0 Å². The predicted octanol–water partition coefficient (Wildman–Crippen LogP) is 3.28. The van der Waals surface area contributed by atoms with Crippen molar-refractivity contribution in [1.82, 2.24) is 4.57 Å². The second-order valence-corrected chi connectivity index (χ2v) is 5.16. The number of carbonyl (C=O) groups excluding carboxylic acids is 1. The number of aryl methyl sites for hydroxylation is 1. The number of nitrogens with one attached hydrogen (secondary N) is 1. The van der Waals surface area contributed by atoms with E-state index >= 15 is 0 Å². The van der Waals surface area contributed by atoms with E-state index in [1.807, 2.05) is 54.2 Å². The number of benzene rings is 1. The van der Waals surface area contributed by atoms with Gasteiger partial charge >= 0.3 is 0 Å². The van der Waals surface area contributed by atoms with Gasteiger partial charge in [0.2, 0.25) is 0 Å². The minimum Gasteiger partial charge on any atom is -0.351 e. The van der Waals surface area contributed by atoms with Crippen molar-refractivity contribution in [3.8, 4) is 0 Å². The molecule has 2 aromatic rings. The number of carbonyl (C=O) groups is 1. The van der Waals surface area contributed by atoms with Crippen molar-refractivity contribution in [2.24, 2.45) is 7.05 Å². The molecule has 0 bridgehead atoms. The molecule has 1 aromatic carbocycles. The van der Waals surface area contributed by atoms with Crippen molar-refractivity contribution in [2.45, 2.75) is 0 Å². The van der Waals surface area contributed by atoms with Crippen LogP contribution in [0.4, 0.5) is 5.69 Å². The number of halogens is 1. The molecular weight excluding hydrogens is 292 g/mol. The van der Waals surface area contributed by atoms with E-state index in [-0.39, 0.29) is 5.91 Å². The van der Waals surface area contributed by atoms with Crippen LogP contribution in [0.5, 0.6) is 0 Å². The number of hydrogen-bond donors (Lipinski definition) is 1. The highest BCUT2D eigenvalue weighted by Crippen LogP contribution is 2.34. The number of hydrogen-bond acceptors (Lipinski definition) is 1. The maximum Gasteiger partial charge on any atom is 0.256 e. The topological polar surface area (TPSA) is 34.0 Å². The van der Waals surface area contributed by atoms with Gasteiger partial charge in [-0.05, 0) is 36.4 Å². The van der Waals surface area contributed by atoms with Crippen LogP contribution in [0.2, 0.25) is 0 Å². The van der Waals surface area contributed by atoms with Crippen LogP contribution in [0.3, 0.4) is 0 Å². The van der Waals surface area contributed by atoms with Crippen molar-refractivity contribution < 1.29 is 4.79 Å². The van der Waals surface area contributed by atoms with Gasteiger partial charge in [-0.25, -0.2) is 0 Å². The van der Waals surface area contributed by atoms with Gasteiger partial charge in [-0.2, -0.15) is 0 Å². The molecule has 1 aliphatic heterocycles. The second kappa shape index (κ2) is 4.14. The van der Waals surface area contributed by atoms with Crippen molar-refractivity contribution in [1.29, 1.82) is 0 Å². The van der Waals surface area contributed by atoms with Crippen LogP contribution in [0, 0.1) is 0 Å². The lowest BCUT2D eigenvalue weighted by Crippen LogP contribution is -2.03. The molecule has 0 atom stereocenters. The Hall–Kier alpha value is -1.81. The number of rotatable bonds is 1. The molecule has 0 unspecified atom stereocenters. The molecule has 3 rings (SSSR count). The predicted molar refractivity (Wildman–Crippen MR) is 76.1 cm³/mol. The average Bonchev–Trinajstić information content (AvgIpc) is 2.86. The Bertz CT molecular complexity index is 670. The molecular formula is C14H11BrN2O. The molecule has 0 aliphatic carbocycles. The zero-order chi connectivity index (χ0) is 12.7. The summed E-state index contributed by atoms with van der Waals surface area (Å²) in [6.07, 6.45) is 3.87. The summed E-state index contributed by atoms with van der Waals surface area (Å²) in [6, 6.07) is 9.73. The maximum atomic E-state index is 12.0. The quantitative estimate of drug-likeness (QED) is 0.806. The summed E-state index contributed by atoms with van der Waals surface area (Å²) in [6.45, 7) is 0. The van der Waals surface area contributed by atoms with Crippen LogP contribution >= 0.6 is 15.9 Å². The standard InChI is InChI=1S/C14H11BrN2O/c1-17-6-2-3-10(17)8-12-11-7-9(15)4-5-13(11)16-14(12)18/h2-8H,1H3,(H,16,18)/b12-8-. The third-order valence-electron chi connectivity index (χ3n) is 3.04. The van der Waals surface area contributed by atoms with Gasteiger partial charge in [-0.3, -0.25) is 4.79 Å². The molecule has 2 heterocycles. The summed E-state index contributed by atoms with van der Waals surface area (Å²) < 4.78 is 2.95. The lowest BCUT2D eigenvalue weighted by atomic mass is 10.1. The molecule has 0 spiro atoms. The highest BCUT2D eigenvalue weighted by Gasteiger charge is 2.24. The minimum absolute atomic E-state index is 0.0516. The van der Waals surface area contributed by atoms with Crippen LogP contribution in [-0.2, 0) is 11.8 Å². The SMILES string of the molecule is Cn1cccc1/C=C1\C(=O)Nc2ccc(Br)cc21. The van der Waals surface area contributed by atoms with Crippen molar-refractivity contribution in [2.75, 3.05) is 5.32 Å². The van der Waals surface area contributed by atoms with Crippen molar-refractivity contribution >= 4 is 39.2 Å². The molecule has 0 radical (unpaired) electrons. The molecule has 0 saturated heterocycles. The largest absolute Gasteiger partial charge is 0.351 e. The lowest BCUT2D eigenvalue weighted by molar-refractivity contribution is -0.110. The first-order chi connectivity index (χ1) is 8.65. The van der Waals surface area contributed by atoms with E-state index in [1.54, 1.807) is 0 Å². The summed E-state index contributed by atoms with van der Waals surface area (Å²) in [5, 5.41) is 2.87. The Kier molecular flexibility index (Phi) is 2.59. The van der Waals surface area contributed by atoms with Crippen LogP contribution in [-0.4, -0.2) is 10.5 Å². The molecule has 0 fully saturated rings. The highest BCUT2D eigenvalue weighted by atomic mass is 79.9. The van der Waals surface area contributed by atoms with Crippen LogP contribution in [0.25, 0.3) is 11.6 Å². The number of anilines is 1. The number of aromatic nitrogens is 1. The summed E-state index contributed by atoms with van der Waals surface area (Å²) in [5.74, 6) is -0.0516. The zero-order valence-electron chi connectivity index (χ0n) is 9.77. The van der Waals surface area contributed by atoms with E-state index in [4.69, 9.17) is 0 Å². The van der Waals surface area contributed by atoms with Crippen molar-refractivity contribution in [3.05, 3.63) is 52.3 Å². The van der Waals surface area contributed by atoms with Gasteiger partial charge in [0.05, 0.1) is 5.57 Å². The maximum absolute atomic E-state index is 12.0. The molecule has 4 heteroatoms. The lowest BCUT2D eigenvalue weighted by Gasteiger charge is -2.00.